The first kappa shape index (κ1) is 14.6. The predicted octanol–water partition coefficient (Wildman–Crippen LogP) is 4.44. The van der Waals surface area contributed by atoms with Gasteiger partial charge in [0.05, 0.1) is 0 Å². The first-order valence-corrected chi connectivity index (χ1v) is 7.18. The van der Waals surface area contributed by atoms with Gasteiger partial charge in [-0.05, 0) is 36.1 Å². The molecule has 0 spiro atoms. The van der Waals surface area contributed by atoms with E-state index in [4.69, 9.17) is 0 Å². The Labute approximate surface area is 121 Å². The molecule has 0 saturated heterocycles. The summed E-state index contributed by atoms with van der Waals surface area (Å²) < 4.78 is 0. The third-order valence-corrected chi connectivity index (χ3v) is 3.63. The van der Waals surface area contributed by atoms with E-state index in [0.717, 1.165) is 5.56 Å². The van der Waals surface area contributed by atoms with Gasteiger partial charge < -0.3 is 10.4 Å². The molecule has 20 heavy (non-hydrogen) atoms. The quantitative estimate of drug-likeness (QED) is 0.841. The summed E-state index contributed by atoms with van der Waals surface area (Å²) >= 11 is 0. The standard InChI is InChI=1S/C18H23NO/c1-13(2)18(15-8-5-4-6-9-15)19-14(3)16-10-7-11-17(20)12-16/h4-14,18-20H,1-3H3. The molecule has 0 aliphatic heterocycles. The first-order valence-electron chi connectivity index (χ1n) is 7.18. The highest BCUT2D eigenvalue weighted by molar-refractivity contribution is 5.29. The minimum Gasteiger partial charge on any atom is -0.508 e. The molecular weight excluding hydrogens is 246 g/mol. The molecule has 2 atom stereocenters. The molecule has 0 fully saturated rings. The first-order chi connectivity index (χ1) is 9.58. The third kappa shape index (κ3) is 3.61. The van der Waals surface area contributed by atoms with E-state index < -0.39 is 0 Å². The Hall–Kier alpha value is -1.80. The molecular formula is C18H23NO. The van der Waals surface area contributed by atoms with Crippen molar-refractivity contribution >= 4 is 0 Å². The molecule has 0 radical (unpaired) electrons. The lowest BCUT2D eigenvalue weighted by molar-refractivity contribution is 0.373. The average molecular weight is 269 g/mol. The number of nitrogens with one attached hydrogen (secondary N) is 1. The van der Waals surface area contributed by atoms with Gasteiger partial charge in [-0.25, -0.2) is 0 Å². The van der Waals surface area contributed by atoms with Crippen molar-refractivity contribution in [1.29, 1.82) is 0 Å². The zero-order chi connectivity index (χ0) is 14.5. The maximum absolute atomic E-state index is 9.59. The highest BCUT2D eigenvalue weighted by Crippen LogP contribution is 2.26. The topological polar surface area (TPSA) is 32.3 Å². The minimum atomic E-state index is 0.190. The summed E-state index contributed by atoms with van der Waals surface area (Å²) in [4.78, 5) is 0. The van der Waals surface area contributed by atoms with Gasteiger partial charge >= 0.3 is 0 Å². The Morgan fingerprint density at radius 2 is 1.50 bits per heavy atom. The second kappa shape index (κ2) is 6.58. The summed E-state index contributed by atoms with van der Waals surface area (Å²) in [7, 11) is 0. The monoisotopic (exact) mass is 269 g/mol. The molecule has 2 heteroatoms. The van der Waals surface area contributed by atoms with Gasteiger partial charge in [-0.15, -0.1) is 0 Å². The van der Waals surface area contributed by atoms with Crippen LogP contribution in [0.15, 0.2) is 54.6 Å². The highest BCUT2D eigenvalue weighted by atomic mass is 16.3. The van der Waals surface area contributed by atoms with E-state index in [-0.39, 0.29) is 6.04 Å². The van der Waals surface area contributed by atoms with Gasteiger partial charge in [-0.2, -0.15) is 0 Å². The van der Waals surface area contributed by atoms with E-state index in [9.17, 15) is 5.11 Å². The average Bonchev–Trinajstić information content (AvgIpc) is 2.45. The molecule has 0 aliphatic carbocycles. The number of hydrogen-bond acceptors (Lipinski definition) is 2. The molecule has 106 valence electrons. The number of hydrogen-bond donors (Lipinski definition) is 2. The van der Waals surface area contributed by atoms with Gasteiger partial charge in [0.2, 0.25) is 0 Å². The van der Waals surface area contributed by atoms with E-state index in [2.05, 4.69) is 50.4 Å². The minimum absolute atomic E-state index is 0.190. The lowest BCUT2D eigenvalue weighted by atomic mass is 9.94. The Morgan fingerprint density at radius 3 is 2.10 bits per heavy atom. The van der Waals surface area contributed by atoms with Gasteiger partial charge in [-0.3, -0.25) is 0 Å². The van der Waals surface area contributed by atoms with Gasteiger partial charge in [0.15, 0.2) is 0 Å². The lowest BCUT2D eigenvalue weighted by Gasteiger charge is -2.27. The Morgan fingerprint density at radius 1 is 0.850 bits per heavy atom. The molecule has 2 N–H and O–H groups in total. The maximum Gasteiger partial charge on any atom is 0.115 e. The van der Waals surface area contributed by atoms with Crippen LogP contribution in [0, 0.1) is 5.92 Å². The number of benzene rings is 2. The van der Waals surface area contributed by atoms with E-state index in [1.807, 2.05) is 24.3 Å². The molecule has 2 aromatic rings. The smallest absolute Gasteiger partial charge is 0.115 e. The lowest BCUT2D eigenvalue weighted by Crippen LogP contribution is -2.28. The van der Waals surface area contributed by atoms with Crippen LogP contribution in [-0.2, 0) is 0 Å². The fourth-order valence-electron chi connectivity index (χ4n) is 2.49. The van der Waals surface area contributed by atoms with Crippen molar-refractivity contribution in [3.05, 3.63) is 65.7 Å². The number of aromatic hydroxyl groups is 1. The molecule has 2 aromatic carbocycles. The largest absolute Gasteiger partial charge is 0.508 e. The summed E-state index contributed by atoms with van der Waals surface area (Å²) in [5.41, 5.74) is 2.40. The van der Waals surface area contributed by atoms with Crippen LogP contribution in [0.4, 0.5) is 0 Å². The van der Waals surface area contributed by atoms with Gasteiger partial charge in [0.1, 0.15) is 5.75 Å². The molecule has 2 unspecified atom stereocenters. The van der Waals surface area contributed by atoms with E-state index in [0.29, 0.717) is 17.7 Å². The zero-order valence-corrected chi connectivity index (χ0v) is 12.4. The number of phenols is 1. The third-order valence-electron chi connectivity index (χ3n) is 3.63. The summed E-state index contributed by atoms with van der Waals surface area (Å²) in [6.07, 6.45) is 0. The highest BCUT2D eigenvalue weighted by Gasteiger charge is 2.18. The molecule has 2 rings (SSSR count). The Balaban J connectivity index is 2.17. The fourth-order valence-corrected chi connectivity index (χ4v) is 2.49. The van der Waals surface area contributed by atoms with Crippen LogP contribution in [0.5, 0.6) is 5.75 Å². The number of phenolic OH excluding ortho intramolecular Hbond substituents is 1. The molecule has 2 nitrogen and oxygen atoms in total. The van der Waals surface area contributed by atoms with Crippen molar-refractivity contribution in [2.45, 2.75) is 32.9 Å². The molecule has 0 saturated carbocycles. The predicted molar refractivity (Wildman–Crippen MR) is 83.7 cm³/mol. The van der Waals surface area contributed by atoms with E-state index >= 15 is 0 Å². The van der Waals surface area contributed by atoms with Crippen LogP contribution in [-0.4, -0.2) is 5.11 Å². The second-order valence-corrected chi connectivity index (χ2v) is 5.62. The van der Waals surface area contributed by atoms with Crippen LogP contribution >= 0.6 is 0 Å². The van der Waals surface area contributed by atoms with Crippen LogP contribution in [0.25, 0.3) is 0 Å². The molecule has 0 amide bonds. The maximum atomic E-state index is 9.59. The molecule has 0 aliphatic rings. The van der Waals surface area contributed by atoms with Gasteiger partial charge in [0.25, 0.3) is 0 Å². The van der Waals surface area contributed by atoms with Crippen molar-refractivity contribution in [3.8, 4) is 5.75 Å². The zero-order valence-electron chi connectivity index (χ0n) is 12.4. The Bertz CT molecular complexity index is 536. The van der Waals surface area contributed by atoms with Crippen LogP contribution < -0.4 is 5.32 Å². The SMILES string of the molecule is CC(NC(c1ccccc1)C(C)C)c1cccc(O)c1. The summed E-state index contributed by atoms with van der Waals surface area (Å²) in [6.45, 7) is 6.58. The van der Waals surface area contributed by atoms with Crippen LogP contribution in [0.3, 0.4) is 0 Å². The van der Waals surface area contributed by atoms with E-state index in [1.165, 1.54) is 5.56 Å². The summed E-state index contributed by atoms with van der Waals surface area (Å²) in [6, 6.07) is 18.4. The second-order valence-electron chi connectivity index (χ2n) is 5.62. The van der Waals surface area contributed by atoms with Crippen molar-refractivity contribution in [2.24, 2.45) is 5.92 Å². The van der Waals surface area contributed by atoms with Gasteiger partial charge in [0, 0.05) is 12.1 Å². The van der Waals surface area contributed by atoms with E-state index in [1.54, 1.807) is 6.07 Å². The van der Waals surface area contributed by atoms with Crippen LogP contribution in [0.2, 0.25) is 0 Å². The van der Waals surface area contributed by atoms with Gasteiger partial charge in [-0.1, -0.05) is 56.3 Å². The summed E-state index contributed by atoms with van der Waals surface area (Å²) in [5, 5.41) is 13.3. The fraction of sp³-hybridized carbons (Fsp3) is 0.333. The van der Waals surface area contributed by atoms with Crippen molar-refractivity contribution in [3.63, 3.8) is 0 Å². The normalized spacial score (nSPS) is 14.2. The number of rotatable bonds is 5. The molecule has 0 heterocycles. The molecule has 0 aromatic heterocycles. The molecule has 0 bridgehead atoms. The van der Waals surface area contributed by atoms with Crippen molar-refractivity contribution in [2.75, 3.05) is 0 Å². The van der Waals surface area contributed by atoms with Crippen molar-refractivity contribution in [1.82, 2.24) is 5.32 Å². The van der Waals surface area contributed by atoms with Crippen LogP contribution in [0.1, 0.15) is 44.0 Å². The Kier molecular flexibility index (Phi) is 4.80. The summed E-state index contributed by atoms with van der Waals surface area (Å²) in [5.74, 6) is 0.814. The van der Waals surface area contributed by atoms with Crippen molar-refractivity contribution < 1.29 is 5.11 Å².